The molecule has 0 heterocycles. The Hall–Kier alpha value is -0.570. The van der Waals surface area contributed by atoms with E-state index in [0.717, 1.165) is 30.2 Å². The average molecular weight is 250 g/mol. The highest BCUT2D eigenvalue weighted by Crippen LogP contribution is 2.58. The fraction of sp³-hybridized carbons (Fsp3) is 0.933. The molecule has 0 radical (unpaired) electrons. The molecule has 0 spiro atoms. The first-order valence-corrected chi connectivity index (χ1v) is 7.74. The molecule has 1 amide bonds. The highest BCUT2D eigenvalue weighted by atomic mass is 16.2. The molecule has 3 aliphatic rings. The van der Waals surface area contributed by atoms with Crippen LogP contribution in [0.25, 0.3) is 0 Å². The third-order valence-corrected chi connectivity index (χ3v) is 5.64. The van der Waals surface area contributed by atoms with Crippen molar-refractivity contribution in [1.82, 2.24) is 10.6 Å². The second-order valence-electron chi connectivity index (χ2n) is 6.54. The van der Waals surface area contributed by atoms with Crippen molar-refractivity contribution in [3.8, 4) is 0 Å². The maximum absolute atomic E-state index is 11.8. The van der Waals surface area contributed by atoms with Crippen LogP contribution < -0.4 is 10.6 Å². The van der Waals surface area contributed by atoms with E-state index in [1.807, 2.05) is 13.8 Å². The van der Waals surface area contributed by atoms with Crippen molar-refractivity contribution < 1.29 is 4.79 Å². The molecule has 0 aromatic heterocycles. The molecular weight excluding hydrogens is 224 g/mol. The van der Waals surface area contributed by atoms with Gasteiger partial charge in [-0.05, 0) is 63.2 Å². The van der Waals surface area contributed by atoms with Crippen LogP contribution in [0, 0.1) is 23.7 Å². The highest BCUT2D eigenvalue weighted by Gasteiger charge is 2.53. The van der Waals surface area contributed by atoms with Gasteiger partial charge in [0, 0.05) is 12.6 Å². The molecule has 3 fully saturated rings. The summed E-state index contributed by atoms with van der Waals surface area (Å²) in [7, 11) is 0. The van der Waals surface area contributed by atoms with Gasteiger partial charge in [0.05, 0.1) is 6.04 Å². The second kappa shape index (κ2) is 4.84. The van der Waals surface area contributed by atoms with Gasteiger partial charge in [0.25, 0.3) is 0 Å². The first kappa shape index (κ1) is 12.5. The normalized spacial score (nSPS) is 42.9. The minimum Gasteiger partial charge on any atom is -0.355 e. The molecule has 3 rings (SSSR count). The summed E-state index contributed by atoms with van der Waals surface area (Å²) in [6.45, 7) is 4.71. The second-order valence-corrected chi connectivity index (χ2v) is 6.54. The molecule has 0 saturated heterocycles. The number of hydrogen-bond donors (Lipinski definition) is 2. The number of likely N-dealkylation sites (N-methyl/N-ethyl adjacent to an activating group) is 1. The van der Waals surface area contributed by atoms with E-state index in [1.165, 1.54) is 32.1 Å². The van der Waals surface area contributed by atoms with E-state index in [0.29, 0.717) is 6.04 Å². The third-order valence-electron chi connectivity index (χ3n) is 5.64. The van der Waals surface area contributed by atoms with Crippen molar-refractivity contribution in [2.45, 2.75) is 58.0 Å². The van der Waals surface area contributed by atoms with Crippen molar-refractivity contribution in [3.05, 3.63) is 0 Å². The maximum Gasteiger partial charge on any atom is 0.236 e. The number of nitrogens with one attached hydrogen (secondary N) is 2. The summed E-state index contributed by atoms with van der Waals surface area (Å²) < 4.78 is 0. The molecule has 0 aromatic rings. The van der Waals surface area contributed by atoms with Crippen LogP contribution in [0.5, 0.6) is 0 Å². The summed E-state index contributed by atoms with van der Waals surface area (Å²) in [5.41, 5.74) is 0. The molecule has 3 heteroatoms. The zero-order valence-electron chi connectivity index (χ0n) is 11.6. The van der Waals surface area contributed by atoms with E-state index in [2.05, 4.69) is 10.6 Å². The van der Waals surface area contributed by atoms with Crippen LogP contribution in [-0.4, -0.2) is 24.5 Å². The minimum atomic E-state index is -0.0332. The van der Waals surface area contributed by atoms with Gasteiger partial charge in [-0.3, -0.25) is 4.79 Å². The van der Waals surface area contributed by atoms with Crippen molar-refractivity contribution >= 4 is 5.91 Å². The molecule has 0 aromatic carbocycles. The van der Waals surface area contributed by atoms with E-state index in [9.17, 15) is 4.79 Å². The van der Waals surface area contributed by atoms with Gasteiger partial charge >= 0.3 is 0 Å². The molecule has 3 aliphatic carbocycles. The lowest BCUT2D eigenvalue weighted by molar-refractivity contribution is -0.123. The first-order chi connectivity index (χ1) is 8.70. The standard InChI is InChI=1S/C15H26N2O/c1-3-16-15(18)9(2)17-14-8-10-7-13(14)12-6-4-5-11(10)12/h9-14,17H,3-8H2,1-2H3,(H,16,18). The van der Waals surface area contributed by atoms with Gasteiger partial charge in [-0.1, -0.05) is 6.42 Å². The molecule has 18 heavy (non-hydrogen) atoms. The highest BCUT2D eigenvalue weighted by molar-refractivity contribution is 5.81. The number of fused-ring (bicyclic) bond motifs is 5. The van der Waals surface area contributed by atoms with Gasteiger partial charge in [-0.25, -0.2) is 0 Å². The maximum atomic E-state index is 11.8. The van der Waals surface area contributed by atoms with Gasteiger partial charge in [-0.15, -0.1) is 0 Å². The van der Waals surface area contributed by atoms with E-state index >= 15 is 0 Å². The molecule has 6 unspecified atom stereocenters. The third kappa shape index (κ3) is 1.97. The summed E-state index contributed by atoms with van der Waals surface area (Å²) in [4.78, 5) is 11.8. The number of hydrogen-bond acceptors (Lipinski definition) is 2. The van der Waals surface area contributed by atoms with Gasteiger partial charge in [0.2, 0.25) is 5.91 Å². The lowest BCUT2D eigenvalue weighted by Crippen LogP contribution is -2.49. The summed E-state index contributed by atoms with van der Waals surface area (Å²) in [5, 5.41) is 6.50. The summed E-state index contributed by atoms with van der Waals surface area (Å²) in [6.07, 6.45) is 7.11. The van der Waals surface area contributed by atoms with Crippen LogP contribution >= 0.6 is 0 Å². The van der Waals surface area contributed by atoms with E-state index < -0.39 is 0 Å². The Kier molecular flexibility index (Phi) is 3.35. The zero-order valence-corrected chi connectivity index (χ0v) is 11.6. The fourth-order valence-electron chi connectivity index (χ4n) is 4.98. The quantitative estimate of drug-likeness (QED) is 0.800. The van der Waals surface area contributed by atoms with Crippen LogP contribution in [0.15, 0.2) is 0 Å². The molecule has 6 atom stereocenters. The van der Waals surface area contributed by atoms with Gasteiger partial charge < -0.3 is 10.6 Å². The topological polar surface area (TPSA) is 41.1 Å². The van der Waals surface area contributed by atoms with Gasteiger partial charge in [0.15, 0.2) is 0 Å². The van der Waals surface area contributed by atoms with E-state index in [4.69, 9.17) is 0 Å². The Morgan fingerprint density at radius 2 is 2.00 bits per heavy atom. The van der Waals surface area contributed by atoms with Gasteiger partial charge in [-0.2, -0.15) is 0 Å². The number of carbonyl (C=O) groups is 1. The number of carbonyl (C=O) groups excluding carboxylic acids is 1. The molecule has 3 saturated carbocycles. The Balaban J connectivity index is 1.57. The van der Waals surface area contributed by atoms with Gasteiger partial charge in [0.1, 0.15) is 0 Å². The predicted molar refractivity (Wildman–Crippen MR) is 72.1 cm³/mol. The van der Waals surface area contributed by atoms with Crippen molar-refractivity contribution in [2.24, 2.45) is 23.7 Å². The van der Waals surface area contributed by atoms with Crippen LogP contribution in [0.3, 0.4) is 0 Å². The lowest BCUT2D eigenvalue weighted by Gasteiger charge is -2.33. The summed E-state index contributed by atoms with van der Waals surface area (Å²) >= 11 is 0. The average Bonchev–Trinajstić information content (AvgIpc) is 3.00. The molecule has 102 valence electrons. The van der Waals surface area contributed by atoms with E-state index in [1.54, 1.807) is 0 Å². The van der Waals surface area contributed by atoms with E-state index in [-0.39, 0.29) is 11.9 Å². The zero-order chi connectivity index (χ0) is 12.7. The Morgan fingerprint density at radius 1 is 1.22 bits per heavy atom. The predicted octanol–water partition coefficient (Wildman–Crippen LogP) is 1.93. The minimum absolute atomic E-state index is 0.0332. The Labute approximate surface area is 110 Å². The number of amides is 1. The van der Waals surface area contributed by atoms with Crippen LogP contribution in [-0.2, 0) is 4.79 Å². The molecule has 0 aliphatic heterocycles. The van der Waals surface area contributed by atoms with Crippen molar-refractivity contribution in [3.63, 3.8) is 0 Å². The SMILES string of the molecule is CCNC(=O)C(C)NC1CC2CC1C1CCCC21. The molecule has 3 nitrogen and oxygen atoms in total. The van der Waals surface area contributed by atoms with Crippen LogP contribution in [0.2, 0.25) is 0 Å². The molecular formula is C15H26N2O. The van der Waals surface area contributed by atoms with Crippen LogP contribution in [0.4, 0.5) is 0 Å². The number of rotatable bonds is 4. The first-order valence-electron chi connectivity index (χ1n) is 7.74. The molecule has 2 N–H and O–H groups in total. The monoisotopic (exact) mass is 250 g/mol. The fourth-order valence-corrected chi connectivity index (χ4v) is 4.98. The Morgan fingerprint density at radius 3 is 2.78 bits per heavy atom. The lowest BCUT2D eigenvalue weighted by atomic mass is 9.79. The largest absolute Gasteiger partial charge is 0.355 e. The molecule has 2 bridgehead atoms. The summed E-state index contributed by atoms with van der Waals surface area (Å²) in [5.74, 6) is 3.99. The smallest absolute Gasteiger partial charge is 0.236 e. The van der Waals surface area contributed by atoms with Crippen molar-refractivity contribution in [2.75, 3.05) is 6.54 Å². The van der Waals surface area contributed by atoms with Crippen molar-refractivity contribution in [1.29, 1.82) is 0 Å². The summed E-state index contributed by atoms with van der Waals surface area (Å²) in [6, 6.07) is 0.570. The Bertz CT molecular complexity index is 330. The van der Waals surface area contributed by atoms with Crippen LogP contribution in [0.1, 0.15) is 46.0 Å².